The first-order chi connectivity index (χ1) is 18.0. The smallest absolute Gasteiger partial charge is 0.342 e. The molecule has 4 rings (SSSR count). The van der Waals surface area contributed by atoms with E-state index in [1.807, 2.05) is 6.92 Å². The number of ether oxygens (including phenoxy) is 5. The Bertz CT molecular complexity index is 1120. The van der Waals surface area contributed by atoms with E-state index in [2.05, 4.69) is 0 Å². The van der Waals surface area contributed by atoms with Crippen LogP contribution in [0, 0.1) is 11.3 Å². The molecule has 0 radical (unpaired) electrons. The molecule has 2 aliphatic carbocycles. The van der Waals surface area contributed by atoms with Crippen LogP contribution in [0.4, 0.5) is 0 Å². The second-order valence-corrected chi connectivity index (χ2v) is 11.6. The van der Waals surface area contributed by atoms with Crippen LogP contribution in [0.15, 0.2) is 23.8 Å². The van der Waals surface area contributed by atoms with E-state index in [-0.39, 0.29) is 12.8 Å². The molecule has 1 spiro atoms. The molecule has 2 heterocycles. The minimum atomic E-state index is -1.95. The van der Waals surface area contributed by atoms with Crippen molar-refractivity contribution in [3.05, 3.63) is 23.8 Å². The number of epoxide rings is 1. The van der Waals surface area contributed by atoms with Crippen molar-refractivity contribution in [2.75, 3.05) is 0 Å². The zero-order valence-corrected chi connectivity index (χ0v) is 23.4. The lowest BCUT2D eigenvalue weighted by atomic mass is 9.55. The third-order valence-corrected chi connectivity index (χ3v) is 8.76. The Labute approximate surface area is 227 Å². The molecule has 0 aromatic rings. The molecule has 39 heavy (non-hydrogen) atoms. The number of carbonyl (C=O) groups is 4. The molecule has 2 aliphatic heterocycles. The summed E-state index contributed by atoms with van der Waals surface area (Å²) in [5.41, 5.74) is -5.84. The summed E-state index contributed by atoms with van der Waals surface area (Å²) < 4.78 is 29.3. The van der Waals surface area contributed by atoms with Gasteiger partial charge >= 0.3 is 23.9 Å². The summed E-state index contributed by atoms with van der Waals surface area (Å²) in [6.07, 6.45) is -0.393. The summed E-state index contributed by atoms with van der Waals surface area (Å²) in [5.74, 6) is -3.64. The third kappa shape index (κ3) is 4.48. The number of hydrogen-bond acceptors (Lipinski definition) is 11. The second kappa shape index (κ2) is 9.71. The highest BCUT2D eigenvalue weighted by molar-refractivity contribution is 5.89. The third-order valence-electron chi connectivity index (χ3n) is 8.76. The molecule has 0 bridgehead atoms. The van der Waals surface area contributed by atoms with E-state index < -0.39 is 82.5 Å². The normalized spacial score (nSPS) is 45.9. The molecule has 2 saturated heterocycles. The van der Waals surface area contributed by atoms with Crippen molar-refractivity contribution in [2.45, 2.75) is 115 Å². The van der Waals surface area contributed by atoms with Gasteiger partial charge in [0.15, 0.2) is 17.3 Å². The molecule has 0 aromatic heterocycles. The first-order valence-electron chi connectivity index (χ1n) is 13.3. The Balaban J connectivity index is 2.00. The molecule has 0 aromatic carbocycles. The predicted octanol–water partition coefficient (Wildman–Crippen LogP) is 1.67. The molecular weight excluding hydrogens is 512 g/mol. The van der Waals surface area contributed by atoms with Crippen molar-refractivity contribution in [1.29, 1.82) is 0 Å². The maximum atomic E-state index is 13.1. The number of aliphatic hydroxyl groups is 2. The number of fused-ring (bicyclic) bond motifs is 1. The molecule has 10 atom stereocenters. The number of esters is 4. The van der Waals surface area contributed by atoms with Gasteiger partial charge in [-0.2, -0.15) is 0 Å². The van der Waals surface area contributed by atoms with E-state index >= 15 is 0 Å². The van der Waals surface area contributed by atoms with E-state index in [1.165, 1.54) is 33.8 Å². The van der Waals surface area contributed by atoms with Crippen LogP contribution in [0.5, 0.6) is 0 Å². The lowest BCUT2D eigenvalue weighted by molar-refractivity contribution is -0.215. The number of aliphatic hydroxyl groups excluding tert-OH is 1. The molecule has 2 fully saturated rings. The monoisotopic (exact) mass is 550 g/mol. The van der Waals surface area contributed by atoms with Crippen molar-refractivity contribution in [1.82, 2.24) is 0 Å². The fraction of sp³-hybridized carbons (Fsp3) is 0.714. The van der Waals surface area contributed by atoms with Crippen molar-refractivity contribution in [3.8, 4) is 0 Å². The van der Waals surface area contributed by atoms with Gasteiger partial charge in [-0.25, -0.2) is 4.79 Å². The van der Waals surface area contributed by atoms with E-state index in [9.17, 15) is 29.4 Å². The Hall–Kier alpha value is -2.76. The molecule has 0 amide bonds. The van der Waals surface area contributed by atoms with Crippen LogP contribution in [-0.4, -0.2) is 81.4 Å². The topological polar surface area (TPSA) is 158 Å². The number of carbonyl (C=O) groups excluding carboxylic acids is 4. The Kier molecular flexibility index (Phi) is 7.27. The molecule has 0 saturated carbocycles. The number of hydrogen-bond donors (Lipinski definition) is 2. The fourth-order valence-electron chi connectivity index (χ4n) is 6.66. The van der Waals surface area contributed by atoms with E-state index in [0.717, 1.165) is 0 Å². The minimum absolute atomic E-state index is 0.0144. The summed E-state index contributed by atoms with van der Waals surface area (Å²) in [6, 6.07) is 0. The summed E-state index contributed by atoms with van der Waals surface area (Å²) >= 11 is 0. The van der Waals surface area contributed by atoms with Gasteiger partial charge in [0.2, 0.25) is 0 Å². The maximum absolute atomic E-state index is 13.1. The van der Waals surface area contributed by atoms with Crippen molar-refractivity contribution in [3.63, 3.8) is 0 Å². The van der Waals surface area contributed by atoms with Gasteiger partial charge in [-0.3, -0.25) is 14.4 Å². The van der Waals surface area contributed by atoms with Crippen LogP contribution in [0.2, 0.25) is 0 Å². The minimum Gasteiger partial charge on any atom is -0.461 e. The summed E-state index contributed by atoms with van der Waals surface area (Å²) in [5, 5.41) is 22.8. The van der Waals surface area contributed by atoms with E-state index in [4.69, 9.17) is 23.7 Å². The largest absolute Gasteiger partial charge is 0.461 e. The van der Waals surface area contributed by atoms with Gasteiger partial charge in [-0.15, -0.1) is 0 Å². The standard InChI is InChI=1S/C28H38O11/c1-8-9-21(32)37-17-13-19(35-15(3)29)25(5)11-10-18(31)26(6,34)22(25)23(36-16(4)30)28-20(12-14(17)2)38-24(33)27(28,7)39-28/h10-12,17-20,22-23,31,34H,8-9,13H2,1-7H3/b14-12+/t17-,18-,19+,20+,22-,23+,25-,26+,27+,28+/m1/s1. The zero-order valence-electron chi connectivity index (χ0n) is 23.4. The maximum Gasteiger partial charge on any atom is 0.342 e. The molecule has 4 aliphatic rings. The summed E-state index contributed by atoms with van der Waals surface area (Å²) in [6.45, 7) is 10.6. The average molecular weight is 551 g/mol. The highest BCUT2D eigenvalue weighted by Crippen LogP contribution is 2.65. The molecule has 2 N–H and O–H groups in total. The van der Waals surface area contributed by atoms with Crippen LogP contribution in [-0.2, 0) is 42.9 Å². The highest BCUT2D eigenvalue weighted by atomic mass is 16.7. The molecule has 11 nitrogen and oxygen atoms in total. The summed E-state index contributed by atoms with van der Waals surface area (Å²) in [4.78, 5) is 50.5. The van der Waals surface area contributed by atoms with Crippen LogP contribution in [0.1, 0.15) is 67.7 Å². The SMILES string of the molecule is CCCC(=O)O[C@@H]1C[C@H](OC(C)=O)[C@@]2(C)C=C[C@@H](O)[C@](C)(O)[C@@H]2[C@H](OC(C)=O)[C@]23O[C@@]2(C)C(=O)O[C@H]3/C=C/1C. The van der Waals surface area contributed by atoms with Crippen molar-refractivity contribution in [2.24, 2.45) is 11.3 Å². The van der Waals surface area contributed by atoms with Crippen molar-refractivity contribution < 1.29 is 53.1 Å². The quantitative estimate of drug-likeness (QED) is 0.222. The average Bonchev–Trinajstić information content (AvgIpc) is 3.40. The molecule has 216 valence electrons. The van der Waals surface area contributed by atoms with Crippen LogP contribution >= 0.6 is 0 Å². The molecule has 11 heteroatoms. The van der Waals surface area contributed by atoms with Gasteiger partial charge < -0.3 is 33.9 Å². The lowest BCUT2D eigenvalue weighted by Gasteiger charge is -2.54. The highest BCUT2D eigenvalue weighted by Gasteiger charge is 2.87. The zero-order chi connectivity index (χ0) is 29.1. The van der Waals surface area contributed by atoms with Gasteiger partial charge in [-0.1, -0.05) is 26.0 Å². The second-order valence-electron chi connectivity index (χ2n) is 11.6. The molecule has 0 unspecified atom stereocenters. The van der Waals surface area contributed by atoms with Gasteiger partial charge in [0.25, 0.3) is 0 Å². The first-order valence-corrected chi connectivity index (χ1v) is 13.3. The number of rotatable bonds is 5. The predicted molar refractivity (Wildman–Crippen MR) is 134 cm³/mol. The van der Waals surface area contributed by atoms with Crippen LogP contribution in [0.3, 0.4) is 0 Å². The van der Waals surface area contributed by atoms with Crippen molar-refractivity contribution >= 4 is 23.9 Å². The Morgan fingerprint density at radius 3 is 2.31 bits per heavy atom. The Morgan fingerprint density at radius 2 is 1.74 bits per heavy atom. The van der Waals surface area contributed by atoms with Crippen LogP contribution < -0.4 is 0 Å². The van der Waals surface area contributed by atoms with E-state index in [0.29, 0.717) is 12.0 Å². The van der Waals surface area contributed by atoms with Crippen LogP contribution in [0.25, 0.3) is 0 Å². The lowest BCUT2D eigenvalue weighted by Crippen LogP contribution is -2.67. The van der Waals surface area contributed by atoms with Gasteiger partial charge in [0, 0.05) is 38.0 Å². The van der Waals surface area contributed by atoms with Gasteiger partial charge in [-0.05, 0) is 38.8 Å². The van der Waals surface area contributed by atoms with Gasteiger partial charge in [0.1, 0.15) is 24.4 Å². The van der Waals surface area contributed by atoms with Gasteiger partial charge in [0.05, 0.1) is 5.60 Å². The Morgan fingerprint density at radius 1 is 1.10 bits per heavy atom. The fourth-order valence-corrected chi connectivity index (χ4v) is 6.66. The van der Waals surface area contributed by atoms with E-state index in [1.54, 1.807) is 26.0 Å². The first kappa shape index (κ1) is 29.2. The molecular formula is C28H38O11. The summed E-state index contributed by atoms with van der Waals surface area (Å²) in [7, 11) is 0.